The zero-order valence-electron chi connectivity index (χ0n) is 20.1. The zero-order chi connectivity index (χ0) is 24.1. The van der Waals surface area contributed by atoms with E-state index in [1.807, 2.05) is 56.7 Å². The molecule has 1 saturated heterocycles. The number of nitrogens with two attached hydrogens (primary N) is 2. The Morgan fingerprint density at radius 2 is 2.09 bits per heavy atom. The topological polar surface area (TPSA) is 128 Å². The van der Waals surface area contributed by atoms with Crippen LogP contribution < -0.4 is 22.1 Å². The number of aliphatic imine (C=N–C) groups is 1. The minimum absolute atomic E-state index is 0.0923. The molecule has 0 aromatic carbocycles. The van der Waals surface area contributed by atoms with Gasteiger partial charge < -0.3 is 36.6 Å². The molecule has 0 aromatic heterocycles. The Balaban J connectivity index is 1.81. The Kier molecular flexibility index (Phi) is 7.65. The number of dihydropyridines is 1. The molecule has 3 aliphatic heterocycles. The zero-order valence-corrected chi connectivity index (χ0v) is 20.1. The van der Waals surface area contributed by atoms with Gasteiger partial charge in [-0.1, -0.05) is 13.8 Å². The second kappa shape index (κ2) is 10.4. The predicted molar refractivity (Wildman–Crippen MR) is 134 cm³/mol. The molecule has 0 aromatic rings. The molecule has 1 fully saturated rings. The maximum absolute atomic E-state index is 8.76. The first-order valence-electron chi connectivity index (χ1n) is 11.1. The van der Waals surface area contributed by atoms with Gasteiger partial charge in [-0.15, -0.1) is 0 Å². The van der Waals surface area contributed by atoms with Crippen LogP contribution >= 0.6 is 0 Å². The van der Waals surface area contributed by atoms with E-state index in [9.17, 15) is 0 Å². The Bertz CT molecular complexity index is 978. The van der Waals surface area contributed by atoms with Crippen LogP contribution in [0.5, 0.6) is 0 Å². The Morgan fingerprint density at radius 1 is 1.36 bits per heavy atom. The van der Waals surface area contributed by atoms with Gasteiger partial charge in [0.1, 0.15) is 17.5 Å². The van der Waals surface area contributed by atoms with Crippen molar-refractivity contribution in [2.45, 2.75) is 25.9 Å². The second-order valence-electron chi connectivity index (χ2n) is 8.62. The van der Waals surface area contributed by atoms with Crippen LogP contribution in [0.15, 0.2) is 75.8 Å². The fourth-order valence-electron chi connectivity index (χ4n) is 3.71. The van der Waals surface area contributed by atoms with Gasteiger partial charge in [-0.25, -0.2) is 0 Å². The number of nitrogens with zero attached hydrogens (tertiary/aromatic N) is 3. The summed E-state index contributed by atoms with van der Waals surface area (Å²) in [6.45, 7) is 5.42. The minimum atomic E-state index is -0.0923. The van der Waals surface area contributed by atoms with Crippen molar-refractivity contribution in [2.24, 2.45) is 22.4 Å². The molecule has 1 unspecified atom stereocenters. The molecular weight excluding hydrogens is 416 g/mol. The van der Waals surface area contributed by atoms with E-state index in [4.69, 9.17) is 21.6 Å². The van der Waals surface area contributed by atoms with Crippen LogP contribution in [0.25, 0.3) is 0 Å². The van der Waals surface area contributed by atoms with Gasteiger partial charge in [-0.3, -0.25) is 10.4 Å². The molecule has 3 aliphatic rings. The number of hydrogen-bond donors (Lipinski definition) is 5. The van der Waals surface area contributed by atoms with Gasteiger partial charge >= 0.3 is 0 Å². The first kappa shape index (κ1) is 24.2. The van der Waals surface area contributed by atoms with E-state index in [2.05, 4.69) is 40.4 Å². The van der Waals surface area contributed by atoms with E-state index in [0.717, 1.165) is 28.2 Å². The van der Waals surface area contributed by atoms with Crippen LogP contribution in [0.4, 0.5) is 0 Å². The number of likely N-dealkylation sites (N-methyl/N-ethyl adjacent to an activating group) is 2. The van der Waals surface area contributed by atoms with Gasteiger partial charge in [0.15, 0.2) is 0 Å². The van der Waals surface area contributed by atoms with Crippen molar-refractivity contribution in [3.05, 3.63) is 70.8 Å². The number of fused-ring (bicyclic) bond motifs is 1. The molecule has 9 nitrogen and oxygen atoms in total. The number of nitrogens with one attached hydrogen (secondary N) is 3. The molecule has 0 radical (unpaired) electrons. The molecule has 178 valence electrons. The third-order valence-corrected chi connectivity index (χ3v) is 6.03. The molecule has 3 heterocycles. The number of amidine groups is 1. The highest BCUT2D eigenvalue weighted by molar-refractivity contribution is 6.08. The summed E-state index contributed by atoms with van der Waals surface area (Å²) in [5.41, 5.74) is 15.5. The van der Waals surface area contributed by atoms with Crippen LogP contribution in [-0.2, 0) is 4.74 Å². The van der Waals surface area contributed by atoms with Crippen molar-refractivity contribution in [1.29, 1.82) is 5.41 Å². The van der Waals surface area contributed by atoms with Crippen LogP contribution in [0, 0.1) is 11.3 Å². The maximum Gasteiger partial charge on any atom is 0.130 e. The average molecular weight is 453 g/mol. The molecule has 0 aliphatic carbocycles. The van der Waals surface area contributed by atoms with E-state index < -0.39 is 0 Å². The maximum atomic E-state index is 8.76. The van der Waals surface area contributed by atoms with Crippen LogP contribution in [-0.4, -0.2) is 68.3 Å². The predicted octanol–water partition coefficient (Wildman–Crippen LogP) is 1.34. The second-order valence-corrected chi connectivity index (χ2v) is 8.62. The Labute approximate surface area is 196 Å². The largest absolute Gasteiger partial charge is 0.404 e. The average Bonchev–Trinajstić information content (AvgIpc) is 2.75. The monoisotopic (exact) mass is 452 g/mol. The van der Waals surface area contributed by atoms with E-state index >= 15 is 0 Å². The molecule has 9 heteroatoms. The number of rotatable bonds is 8. The van der Waals surface area contributed by atoms with E-state index in [1.165, 1.54) is 0 Å². The molecule has 0 amide bonds. The summed E-state index contributed by atoms with van der Waals surface area (Å²) in [7, 11) is 5.75. The molecule has 33 heavy (non-hydrogen) atoms. The summed E-state index contributed by atoms with van der Waals surface area (Å²) in [6.07, 6.45) is 13.2. The highest BCUT2D eigenvalue weighted by atomic mass is 16.5. The van der Waals surface area contributed by atoms with Gasteiger partial charge in [0.25, 0.3) is 0 Å². The fourth-order valence-corrected chi connectivity index (χ4v) is 3.71. The van der Waals surface area contributed by atoms with Gasteiger partial charge in [-0.2, -0.15) is 0 Å². The lowest BCUT2D eigenvalue weighted by molar-refractivity contribution is -0.0347. The molecular formula is C24H36N8O. The summed E-state index contributed by atoms with van der Waals surface area (Å²) >= 11 is 0. The van der Waals surface area contributed by atoms with Crippen molar-refractivity contribution < 1.29 is 4.74 Å². The standard InChI is InChI=1S/C24H36N8O/c1-15(2)16(10-25)9-22(26)30-23-7-6-20-21(32(23)5)8-17(11-29-20)19(12-28-3)24(27)31(4)18-13-33-14-18/h6-12,15,18,21,27-28,30H,13-14,25-26H2,1-5H3/b16-10+,19-12-,22-9+,27-24?. The summed E-state index contributed by atoms with van der Waals surface area (Å²) in [6, 6.07) is 0.129. The lowest BCUT2D eigenvalue weighted by Gasteiger charge is -2.38. The molecule has 0 spiro atoms. The van der Waals surface area contributed by atoms with Crippen molar-refractivity contribution in [1.82, 2.24) is 20.4 Å². The third kappa shape index (κ3) is 5.31. The highest BCUT2D eigenvalue weighted by Crippen LogP contribution is 2.28. The quantitative estimate of drug-likeness (QED) is 0.214. The van der Waals surface area contributed by atoms with Crippen LogP contribution in [0.2, 0.25) is 0 Å². The first-order valence-corrected chi connectivity index (χ1v) is 11.1. The molecule has 0 saturated carbocycles. The minimum Gasteiger partial charge on any atom is -0.404 e. The number of hydrogen-bond acceptors (Lipinski definition) is 8. The Morgan fingerprint density at radius 3 is 2.67 bits per heavy atom. The number of ether oxygens (including phenoxy) is 1. The molecule has 1 atom stereocenters. The summed E-state index contributed by atoms with van der Waals surface area (Å²) in [5.74, 6) is 2.07. The Hall–Kier alpha value is -3.46. The molecule has 7 N–H and O–H groups in total. The van der Waals surface area contributed by atoms with Crippen molar-refractivity contribution >= 4 is 12.1 Å². The van der Waals surface area contributed by atoms with Crippen molar-refractivity contribution in [3.63, 3.8) is 0 Å². The van der Waals surface area contributed by atoms with E-state index in [0.29, 0.717) is 24.9 Å². The molecule has 3 rings (SSSR count). The molecule has 0 bridgehead atoms. The third-order valence-electron chi connectivity index (χ3n) is 6.03. The van der Waals surface area contributed by atoms with Crippen LogP contribution in [0.1, 0.15) is 13.8 Å². The lowest BCUT2D eigenvalue weighted by Crippen LogP contribution is -2.50. The summed E-state index contributed by atoms with van der Waals surface area (Å²) < 4.78 is 5.30. The van der Waals surface area contributed by atoms with Gasteiger partial charge in [0.2, 0.25) is 0 Å². The normalized spacial score (nSPS) is 21.6. The number of allylic oxidation sites excluding steroid dienone is 4. The van der Waals surface area contributed by atoms with Crippen molar-refractivity contribution in [2.75, 3.05) is 34.4 Å². The van der Waals surface area contributed by atoms with Gasteiger partial charge in [-0.05, 0) is 42.0 Å². The van der Waals surface area contributed by atoms with E-state index in [-0.39, 0.29) is 18.0 Å². The lowest BCUT2D eigenvalue weighted by atomic mass is 9.97. The highest BCUT2D eigenvalue weighted by Gasteiger charge is 2.30. The smallest absolute Gasteiger partial charge is 0.130 e. The van der Waals surface area contributed by atoms with E-state index in [1.54, 1.807) is 6.20 Å². The summed E-state index contributed by atoms with van der Waals surface area (Å²) in [4.78, 5) is 8.71. The summed E-state index contributed by atoms with van der Waals surface area (Å²) in [5, 5.41) is 15.1. The van der Waals surface area contributed by atoms with Crippen molar-refractivity contribution in [3.8, 4) is 0 Å². The van der Waals surface area contributed by atoms with Gasteiger partial charge in [0, 0.05) is 44.7 Å². The first-order chi connectivity index (χ1) is 15.8. The fraction of sp³-hybridized carbons (Fsp3) is 0.417. The van der Waals surface area contributed by atoms with Crippen LogP contribution in [0.3, 0.4) is 0 Å². The van der Waals surface area contributed by atoms with Gasteiger partial charge in [0.05, 0.1) is 31.0 Å². The SMILES string of the molecule is CN/C=C(\C(=N)N(C)C1COC1)C1=CC2C(=CC=C(N/C(N)=C/C(=C\N)C(C)C)N2C)N=C1.